The van der Waals surface area contributed by atoms with Gasteiger partial charge in [0.05, 0.1) is 27.3 Å². The smallest absolute Gasteiger partial charge is 0.237 e. The number of nitrogens with zero attached hydrogens (tertiary/aromatic N) is 1. The molecule has 0 unspecified atom stereocenters. The second-order valence-corrected chi connectivity index (χ2v) is 8.91. The first kappa shape index (κ1) is 21.0. The molecule has 28 heavy (non-hydrogen) atoms. The summed E-state index contributed by atoms with van der Waals surface area (Å²) in [7, 11) is 0. The maximum Gasteiger partial charge on any atom is 0.237 e. The van der Waals surface area contributed by atoms with Crippen LogP contribution in [0.1, 0.15) is 44.0 Å². The number of fused-ring (bicyclic) bond motifs is 1. The van der Waals surface area contributed by atoms with Crippen molar-refractivity contribution in [1.82, 2.24) is 15.6 Å². The van der Waals surface area contributed by atoms with Crippen LogP contribution in [0.15, 0.2) is 18.2 Å². The van der Waals surface area contributed by atoms with Crippen LogP contribution in [-0.4, -0.2) is 35.4 Å². The summed E-state index contributed by atoms with van der Waals surface area (Å²) >= 11 is 7.60. The van der Waals surface area contributed by atoms with Gasteiger partial charge in [0.25, 0.3) is 0 Å². The average molecular weight is 423 g/mol. The van der Waals surface area contributed by atoms with Crippen LogP contribution in [0.3, 0.4) is 0 Å². The minimum atomic E-state index is -0.477. The first-order chi connectivity index (χ1) is 13.5. The third-order valence-corrected chi connectivity index (χ3v) is 6.51. The van der Waals surface area contributed by atoms with Crippen molar-refractivity contribution in [2.45, 2.75) is 57.5 Å². The van der Waals surface area contributed by atoms with E-state index in [0.717, 1.165) is 40.9 Å². The number of nitrogens with two attached hydrogens (primary N) is 1. The van der Waals surface area contributed by atoms with E-state index < -0.39 is 6.04 Å². The summed E-state index contributed by atoms with van der Waals surface area (Å²) in [5.74, 6) is 0.0694. The third kappa shape index (κ3) is 5.43. The highest BCUT2D eigenvalue weighted by atomic mass is 35.5. The summed E-state index contributed by atoms with van der Waals surface area (Å²) in [5, 5.41) is 7.48. The molecule has 1 aliphatic rings. The van der Waals surface area contributed by atoms with Crippen molar-refractivity contribution in [3.05, 3.63) is 28.2 Å². The van der Waals surface area contributed by atoms with E-state index in [2.05, 4.69) is 15.6 Å². The lowest BCUT2D eigenvalue weighted by Crippen LogP contribution is -2.50. The fourth-order valence-corrected chi connectivity index (χ4v) is 4.94. The second-order valence-electron chi connectivity index (χ2n) is 7.36. The van der Waals surface area contributed by atoms with Crippen LogP contribution in [0.4, 0.5) is 0 Å². The van der Waals surface area contributed by atoms with Gasteiger partial charge in [0.15, 0.2) is 0 Å². The number of carbonyl (C=O) groups is 2. The lowest BCUT2D eigenvalue weighted by Gasteiger charge is -2.22. The molecule has 2 amide bonds. The van der Waals surface area contributed by atoms with Gasteiger partial charge in [-0.2, -0.15) is 0 Å². The van der Waals surface area contributed by atoms with Gasteiger partial charge < -0.3 is 16.4 Å². The molecule has 1 saturated carbocycles. The minimum absolute atomic E-state index is 0.0523. The summed E-state index contributed by atoms with van der Waals surface area (Å²) in [6, 6.07) is 4.88. The van der Waals surface area contributed by atoms with Crippen molar-refractivity contribution in [2.24, 2.45) is 11.7 Å². The zero-order chi connectivity index (χ0) is 20.1. The van der Waals surface area contributed by atoms with Gasteiger partial charge in [-0.3, -0.25) is 9.59 Å². The molecule has 3 rings (SSSR count). The molecule has 1 fully saturated rings. The number of amides is 2. The van der Waals surface area contributed by atoms with Crippen molar-refractivity contribution >= 4 is 45.0 Å². The number of rotatable bonds is 8. The fourth-order valence-electron chi connectivity index (χ4n) is 3.62. The zero-order valence-corrected chi connectivity index (χ0v) is 17.6. The van der Waals surface area contributed by atoms with Crippen molar-refractivity contribution in [3.63, 3.8) is 0 Å². The van der Waals surface area contributed by atoms with Gasteiger partial charge in [-0.1, -0.05) is 31.4 Å². The number of aromatic nitrogens is 1. The molecule has 152 valence electrons. The number of carbonyl (C=O) groups excluding carboxylic acids is 2. The Hall–Kier alpha value is -1.70. The number of thiazole rings is 1. The Labute approximate surface area is 174 Å². The van der Waals surface area contributed by atoms with Crippen LogP contribution in [0.2, 0.25) is 5.02 Å². The molecular formula is C20H27ClN4O2S. The lowest BCUT2D eigenvalue weighted by molar-refractivity contribution is -0.124. The normalized spacial score (nSPS) is 16.8. The Kier molecular flexibility index (Phi) is 7.26. The van der Waals surface area contributed by atoms with Crippen LogP contribution < -0.4 is 16.4 Å². The van der Waals surface area contributed by atoms with E-state index in [1.54, 1.807) is 18.3 Å². The Bertz CT molecular complexity index is 835. The number of benzene rings is 1. The Morgan fingerprint density at radius 1 is 1.36 bits per heavy atom. The van der Waals surface area contributed by atoms with Crippen molar-refractivity contribution in [3.8, 4) is 0 Å². The molecule has 2 atom stereocenters. The summed E-state index contributed by atoms with van der Waals surface area (Å²) in [6.45, 7) is 2.14. The number of hydrogen-bond donors (Lipinski definition) is 3. The van der Waals surface area contributed by atoms with Gasteiger partial charge >= 0.3 is 0 Å². The molecule has 2 aromatic rings. The molecule has 4 N–H and O–H groups in total. The molecule has 8 heteroatoms. The zero-order valence-electron chi connectivity index (χ0n) is 16.0. The number of halogens is 1. The summed E-state index contributed by atoms with van der Waals surface area (Å²) in [5.41, 5.74) is 7.02. The molecule has 6 nitrogen and oxygen atoms in total. The molecule has 0 aliphatic heterocycles. The minimum Gasteiger partial charge on any atom is -0.353 e. The third-order valence-electron chi connectivity index (χ3n) is 5.24. The van der Waals surface area contributed by atoms with Crippen LogP contribution in [0.5, 0.6) is 0 Å². The topological polar surface area (TPSA) is 97.1 Å². The van der Waals surface area contributed by atoms with Crippen LogP contribution in [0.25, 0.3) is 10.2 Å². The fraction of sp³-hybridized carbons (Fsp3) is 0.550. The molecule has 0 spiro atoms. The standard InChI is InChI=1S/C20H27ClN4O2S/c1-2-17(26)24-14(11-23-20(27)19(22)12-5-3-4-6-12)10-18-25-15-8-7-13(21)9-16(15)28-18/h7-9,12,14,19H,2-6,10-11,22H2,1H3,(H,23,27)(H,24,26)/t14-,19+/m0/s1. The number of hydrogen-bond acceptors (Lipinski definition) is 5. The first-order valence-electron chi connectivity index (χ1n) is 9.84. The Morgan fingerprint density at radius 2 is 2.11 bits per heavy atom. The summed E-state index contributed by atoms with van der Waals surface area (Å²) < 4.78 is 1.01. The van der Waals surface area contributed by atoms with Crippen LogP contribution in [0, 0.1) is 5.92 Å². The molecule has 1 aliphatic carbocycles. The monoisotopic (exact) mass is 422 g/mol. The highest BCUT2D eigenvalue weighted by molar-refractivity contribution is 7.18. The average Bonchev–Trinajstić information content (AvgIpc) is 3.34. The first-order valence-corrected chi connectivity index (χ1v) is 11.0. The highest BCUT2D eigenvalue weighted by Crippen LogP contribution is 2.27. The van der Waals surface area contributed by atoms with Crippen molar-refractivity contribution in [2.75, 3.05) is 6.54 Å². The second kappa shape index (κ2) is 9.67. The lowest BCUT2D eigenvalue weighted by atomic mass is 9.98. The maximum atomic E-state index is 12.4. The maximum absolute atomic E-state index is 12.4. The molecule has 0 bridgehead atoms. The Morgan fingerprint density at radius 3 is 2.82 bits per heavy atom. The van der Waals surface area contributed by atoms with Crippen LogP contribution >= 0.6 is 22.9 Å². The van der Waals surface area contributed by atoms with E-state index in [0.29, 0.717) is 24.4 Å². The summed E-state index contributed by atoms with van der Waals surface area (Å²) in [6.07, 6.45) is 5.24. The highest BCUT2D eigenvalue weighted by Gasteiger charge is 2.27. The van der Waals surface area contributed by atoms with Gasteiger partial charge in [0.1, 0.15) is 0 Å². The van der Waals surface area contributed by atoms with Gasteiger partial charge in [-0.25, -0.2) is 4.98 Å². The number of nitrogens with one attached hydrogen (secondary N) is 2. The predicted molar refractivity (Wildman–Crippen MR) is 113 cm³/mol. The van der Waals surface area contributed by atoms with Crippen molar-refractivity contribution < 1.29 is 9.59 Å². The molecule has 0 radical (unpaired) electrons. The SMILES string of the molecule is CCC(=O)N[C@H](CNC(=O)[C@H](N)C1CCCC1)Cc1nc2ccc(Cl)cc2s1. The van der Waals surface area contributed by atoms with Crippen LogP contribution in [-0.2, 0) is 16.0 Å². The van der Waals surface area contributed by atoms with E-state index in [1.165, 1.54) is 0 Å². The van der Waals surface area contributed by atoms with Gasteiger partial charge in [-0.15, -0.1) is 11.3 Å². The molecule has 0 saturated heterocycles. The van der Waals surface area contributed by atoms with E-state index in [4.69, 9.17) is 17.3 Å². The molecule has 1 aromatic heterocycles. The largest absolute Gasteiger partial charge is 0.353 e. The van der Waals surface area contributed by atoms with E-state index in [-0.39, 0.29) is 23.8 Å². The molecular weight excluding hydrogens is 396 g/mol. The Balaban J connectivity index is 1.64. The quantitative estimate of drug-likeness (QED) is 0.609. The van der Waals surface area contributed by atoms with Gasteiger partial charge in [0, 0.05) is 24.4 Å². The van der Waals surface area contributed by atoms with Crippen molar-refractivity contribution in [1.29, 1.82) is 0 Å². The van der Waals surface area contributed by atoms with E-state index in [1.807, 2.05) is 18.2 Å². The summed E-state index contributed by atoms with van der Waals surface area (Å²) in [4.78, 5) is 29.0. The molecule has 1 aromatic carbocycles. The van der Waals surface area contributed by atoms with Gasteiger partial charge in [-0.05, 0) is 37.0 Å². The predicted octanol–water partition coefficient (Wildman–Crippen LogP) is 3.02. The van der Waals surface area contributed by atoms with Gasteiger partial charge in [0.2, 0.25) is 11.8 Å². The van der Waals surface area contributed by atoms with E-state index >= 15 is 0 Å². The van der Waals surface area contributed by atoms with E-state index in [9.17, 15) is 9.59 Å². The molecule has 1 heterocycles.